The Bertz CT molecular complexity index is 1670. The molecule has 0 radical (unpaired) electrons. The maximum atomic E-state index is 12.9. The van der Waals surface area contributed by atoms with Gasteiger partial charge in [0.2, 0.25) is 0 Å². The summed E-state index contributed by atoms with van der Waals surface area (Å²) in [5.74, 6) is 2.05. The number of carbonyl (C=O) groups is 1. The number of aliphatic hydroxyl groups excluding tert-OH is 1. The van der Waals surface area contributed by atoms with Gasteiger partial charge in [-0.05, 0) is 65.7 Å². The number of amides is 2. The summed E-state index contributed by atoms with van der Waals surface area (Å²) in [5.41, 5.74) is 3.84. The summed E-state index contributed by atoms with van der Waals surface area (Å²) >= 11 is 1.53. The van der Waals surface area contributed by atoms with Crippen LogP contribution in [-0.2, 0) is 16.1 Å². The molecule has 45 heavy (non-hydrogen) atoms. The van der Waals surface area contributed by atoms with Crippen molar-refractivity contribution >= 4 is 29.2 Å². The van der Waals surface area contributed by atoms with Crippen molar-refractivity contribution in [3.8, 4) is 11.5 Å². The molecule has 3 N–H and O–H groups in total. The number of benzene rings is 4. The van der Waals surface area contributed by atoms with Crippen LogP contribution in [0.5, 0.6) is 11.5 Å². The fourth-order valence-electron chi connectivity index (χ4n) is 4.84. The Balaban J connectivity index is 1.11. The zero-order valence-electron chi connectivity index (χ0n) is 24.3. The Labute approximate surface area is 265 Å². The third kappa shape index (κ3) is 8.46. The van der Waals surface area contributed by atoms with Crippen LogP contribution >= 0.6 is 11.8 Å². The van der Waals surface area contributed by atoms with Gasteiger partial charge in [0.05, 0.1) is 18.8 Å². The lowest BCUT2D eigenvalue weighted by atomic mass is 10.0. The minimum atomic E-state index is -0.662. The maximum Gasteiger partial charge on any atom is 0.323 e. The smallest absolute Gasteiger partial charge is 0.323 e. The van der Waals surface area contributed by atoms with E-state index >= 15 is 0 Å². The fraction of sp³-hybridized carbons (Fsp3) is 0.171. The molecule has 1 fully saturated rings. The average molecular weight is 621 g/mol. The van der Waals surface area contributed by atoms with Crippen LogP contribution in [-0.4, -0.2) is 33.0 Å². The fourth-order valence-corrected chi connectivity index (χ4v) is 5.66. The van der Waals surface area contributed by atoms with E-state index in [0.717, 1.165) is 22.4 Å². The Morgan fingerprint density at radius 1 is 0.800 bits per heavy atom. The first kappa shape index (κ1) is 30.3. The number of nitrogens with one attached hydrogen (secondary N) is 2. The summed E-state index contributed by atoms with van der Waals surface area (Å²) < 4.78 is 18.7. The number of rotatable bonds is 10. The number of anilines is 2. The summed E-state index contributed by atoms with van der Waals surface area (Å²) in [6.45, 7) is -0.0186. The van der Waals surface area contributed by atoms with E-state index in [1.807, 2.05) is 78.9 Å². The zero-order valence-corrected chi connectivity index (χ0v) is 25.1. The Morgan fingerprint density at radius 3 is 2.29 bits per heavy atom. The summed E-state index contributed by atoms with van der Waals surface area (Å²) in [6.07, 6.45) is 3.05. The van der Waals surface area contributed by atoms with Gasteiger partial charge in [0.15, 0.2) is 11.4 Å². The van der Waals surface area contributed by atoms with Crippen molar-refractivity contribution in [2.75, 3.05) is 16.4 Å². The summed E-state index contributed by atoms with van der Waals surface area (Å²) in [4.78, 5) is 21.5. The molecule has 3 atom stereocenters. The first-order valence-electron chi connectivity index (χ1n) is 14.5. The van der Waals surface area contributed by atoms with Crippen molar-refractivity contribution in [2.45, 2.75) is 36.7 Å². The first-order chi connectivity index (χ1) is 22.1. The number of hydrogen-bond acceptors (Lipinski definition) is 8. The monoisotopic (exact) mass is 620 g/mol. The standard InChI is InChI=1S/C35H32N4O5S/c40-22-24-10-12-25(13-11-24)32-21-31(23-45-35-36-18-5-19-37-35)43-33(44-32)26-6-4-7-28(20-26)39-34(41)38-27-14-16-30(17-15-27)42-29-8-2-1-3-9-29/h1-20,31-33,40H,21-23H2,(H2,38,39,41). The van der Waals surface area contributed by atoms with Crippen LogP contribution in [0.15, 0.2) is 127 Å². The number of ether oxygens (including phenoxy) is 3. The van der Waals surface area contributed by atoms with E-state index in [-0.39, 0.29) is 24.8 Å². The van der Waals surface area contributed by atoms with Gasteiger partial charge in [-0.25, -0.2) is 14.8 Å². The molecule has 1 aliphatic heterocycles. The zero-order chi connectivity index (χ0) is 30.8. The Hall–Kier alpha value is -4.74. The highest BCUT2D eigenvalue weighted by atomic mass is 32.2. The molecule has 228 valence electrons. The Kier molecular flexibility index (Phi) is 9.98. The van der Waals surface area contributed by atoms with Gasteiger partial charge in [0.25, 0.3) is 0 Å². The van der Waals surface area contributed by atoms with Crippen LogP contribution in [0, 0.1) is 0 Å². The van der Waals surface area contributed by atoms with Crippen molar-refractivity contribution in [2.24, 2.45) is 0 Å². The second-order valence-electron chi connectivity index (χ2n) is 10.3. The molecule has 4 aromatic carbocycles. The minimum Gasteiger partial charge on any atom is -0.457 e. The van der Waals surface area contributed by atoms with E-state index in [0.29, 0.717) is 34.5 Å². The van der Waals surface area contributed by atoms with Gasteiger partial charge in [0.1, 0.15) is 11.5 Å². The van der Waals surface area contributed by atoms with E-state index < -0.39 is 6.29 Å². The lowest BCUT2D eigenvalue weighted by Crippen LogP contribution is -2.31. The van der Waals surface area contributed by atoms with Gasteiger partial charge >= 0.3 is 6.03 Å². The number of nitrogens with zero attached hydrogens (tertiary/aromatic N) is 2. The largest absolute Gasteiger partial charge is 0.457 e. The molecular weight excluding hydrogens is 588 g/mol. The predicted octanol–water partition coefficient (Wildman–Crippen LogP) is 7.74. The van der Waals surface area contributed by atoms with Crippen molar-refractivity contribution < 1.29 is 24.1 Å². The second-order valence-corrected chi connectivity index (χ2v) is 11.3. The van der Waals surface area contributed by atoms with Gasteiger partial charge in [-0.2, -0.15) is 0 Å². The number of hydrogen-bond donors (Lipinski definition) is 3. The third-order valence-corrected chi connectivity index (χ3v) is 8.07. The molecular formula is C35H32N4O5S. The van der Waals surface area contributed by atoms with Crippen LogP contribution in [0.4, 0.5) is 16.2 Å². The highest BCUT2D eigenvalue weighted by molar-refractivity contribution is 7.99. The summed E-state index contributed by atoms with van der Waals surface area (Å²) in [5, 5.41) is 15.9. The number of carbonyl (C=O) groups excluding carboxylic acids is 1. The molecule has 3 unspecified atom stereocenters. The van der Waals surface area contributed by atoms with Gasteiger partial charge in [0, 0.05) is 41.5 Å². The lowest BCUT2D eigenvalue weighted by molar-refractivity contribution is -0.245. The lowest BCUT2D eigenvalue weighted by Gasteiger charge is -2.36. The number of aromatic nitrogens is 2. The molecule has 1 aromatic heterocycles. The topological polar surface area (TPSA) is 115 Å². The number of para-hydroxylation sites is 1. The summed E-state index contributed by atoms with van der Waals surface area (Å²) in [6, 6.07) is 33.3. The van der Waals surface area contributed by atoms with Crippen molar-refractivity contribution in [1.82, 2.24) is 9.97 Å². The minimum absolute atomic E-state index is 0.0186. The number of aliphatic hydroxyl groups is 1. The second kappa shape index (κ2) is 14.8. The van der Waals surface area contributed by atoms with Gasteiger partial charge in [-0.15, -0.1) is 0 Å². The molecule has 2 amide bonds. The quantitative estimate of drug-likeness (QED) is 0.107. The number of thioether (sulfide) groups is 1. The molecule has 0 bridgehead atoms. The molecule has 9 nitrogen and oxygen atoms in total. The predicted molar refractivity (Wildman–Crippen MR) is 173 cm³/mol. The SMILES string of the molecule is O=C(Nc1ccc(Oc2ccccc2)cc1)Nc1cccc(C2OC(CSc3ncccn3)CC(c3ccc(CO)cc3)O2)c1. The van der Waals surface area contributed by atoms with Crippen molar-refractivity contribution in [3.05, 3.63) is 138 Å². The highest BCUT2D eigenvalue weighted by Crippen LogP contribution is 2.39. The molecule has 1 saturated heterocycles. The molecule has 1 aliphatic rings. The van der Waals surface area contributed by atoms with E-state index in [4.69, 9.17) is 14.2 Å². The molecule has 0 spiro atoms. The van der Waals surface area contributed by atoms with Crippen LogP contribution in [0.2, 0.25) is 0 Å². The molecule has 2 heterocycles. The van der Waals surface area contributed by atoms with Gasteiger partial charge in [-0.1, -0.05) is 66.4 Å². The molecule has 10 heteroatoms. The van der Waals surface area contributed by atoms with Crippen LogP contribution in [0.25, 0.3) is 0 Å². The van der Waals surface area contributed by atoms with E-state index in [1.165, 1.54) is 11.8 Å². The van der Waals surface area contributed by atoms with Gasteiger partial charge < -0.3 is 30.0 Å². The molecule has 6 rings (SSSR count). The van der Waals surface area contributed by atoms with Crippen molar-refractivity contribution in [3.63, 3.8) is 0 Å². The van der Waals surface area contributed by atoms with Crippen molar-refractivity contribution in [1.29, 1.82) is 0 Å². The normalized spacial score (nSPS) is 17.8. The van der Waals surface area contributed by atoms with E-state index in [2.05, 4.69) is 20.6 Å². The van der Waals surface area contributed by atoms with Gasteiger partial charge in [-0.3, -0.25) is 0 Å². The van der Waals surface area contributed by atoms with Crippen LogP contribution < -0.4 is 15.4 Å². The molecule has 0 aliphatic carbocycles. The van der Waals surface area contributed by atoms with Crippen LogP contribution in [0.3, 0.4) is 0 Å². The molecule has 5 aromatic rings. The Morgan fingerprint density at radius 2 is 1.53 bits per heavy atom. The maximum absolute atomic E-state index is 12.9. The van der Waals surface area contributed by atoms with Crippen LogP contribution in [0.1, 0.15) is 35.5 Å². The summed E-state index contributed by atoms with van der Waals surface area (Å²) in [7, 11) is 0. The average Bonchev–Trinajstić information content (AvgIpc) is 3.09. The number of urea groups is 1. The van der Waals surface area contributed by atoms with E-state index in [9.17, 15) is 9.90 Å². The third-order valence-electron chi connectivity index (χ3n) is 7.06. The van der Waals surface area contributed by atoms with E-state index in [1.54, 1.807) is 42.7 Å². The first-order valence-corrected chi connectivity index (χ1v) is 15.5. The highest BCUT2D eigenvalue weighted by Gasteiger charge is 2.32. The molecule has 0 saturated carbocycles.